The fourth-order valence-corrected chi connectivity index (χ4v) is 1.85. The van der Waals surface area contributed by atoms with Crippen LogP contribution in [0, 0.1) is 6.92 Å². The zero-order valence-corrected chi connectivity index (χ0v) is 12.1. The van der Waals surface area contributed by atoms with Crippen LogP contribution in [0.4, 0.5) is 4.79 Å². The first-order valence-electron chi connectivity index (χ1n) is 6.94. The maximum Gasteiger partial charge on any atom is 0.315 e. The van der Waals surface area contributed by atoms with E-state index >= 15 is 0 Å². The molecule has 1 unspecified atom stereocenters. The van der Waals surface area contributed by atoms with Gasteiger partial charge in [-0.2, -0.15) is 0 Å². The van der Waals surface area contributed by atoms with E-state index in [1.54, 1.807) is 0 Å². The SMILES string of the molecule is Cc1ccc(CC(CO)NC(=O)NCCCC(=O)O)cc1. The number of amides is 2. The lowest BCUT2D eigenvalue weighted by Gasteiger charge is -2.17. The number of hydrogen-bond acceptors (Lipinski definition) is 3. The average Bonchev–Trinajstić information content (AvgIpc) is 2.45. The molecule has 0 radical (unpaired) electrons. The van der Waals surface area contributed by atoms with Crippen LogP contribution in [0.15, 0.2) is 24.3 Å². The molecule has 0 aliphatic heterocycles. The summed E-state index contributed by atoms with van der Waals surface area (Å²) in [7, 11) is 0. The molecule has 116 valence electrons. The molecule has 0 aliphatic rings. The van der Waals surface area contributed by atoms with Gasteiger partial charge in [-0.05, 0) is 25.3 Å². The number of aliphatic hydroxyl groups is 1. The topological polar surface area (TPSA) is 98.7 Å². The normalized spacial score (nSPS) is 11.7. The van der Waals surface area contributed by atoms with Gasteiger partial charge in [-0.1, -0.05) is 29.8 Å². The van der Waals surface area contributed by atoms with E-state index in [4.69, 9.17) is 5.11 Å². The van der Waals surface area contributed by atoms with E-state index in [9.17, 15) is 14.7 Å². The van der Waals surface area contributed by atoms with Gasteiger partial charge < -0.3 is 20.8 Å². The third-order valence-electron chi connectivity index (χ3n) is 3.01. The van der Waals surface area contributed by atoms with Gasteiger partial charge in [0.25, 0.3) is 0 Å². The number of urea groups is 1. The van der Waals surface area contributed by atoms with Crippen LogP contribution in [0.3, 0.4) is 0 Å². The zero-order valence-electron chi connectivity index (χ0n) is 12.1. The second kappa shape index (κ2) is 8.97. The molecule has 1 rings (SSSR count). The maximum absolute atomic E-state index is 11.6. The summed E-state index contributed by atoms with van der Waals surface area (Å²) in [6.07, 6.45) is 0.941. The number of aryl methyl sites for hydroxylation is 1. The van der Waals surface area contributed by atoms with Gasteiger partial charge in [0.2, 0.25) is 0 Å². The predicted molar refractivity (Wildman–Crippen MR) is 79.2 cm³/mol. The standard InChI is InChI=1S/C15H22N2O4/c1-11-4-6-12(7-5-11)9-13(10-18)17-15(21)16-8-2-3-14(19)20/h4-7,13,18H,2-3,8-10H2,1H3,(H,19,20)(H2,16,17,21). The Balaban J connectivity index is 2.34. The summed E-state index contributed by atoms with van der Waals surface area (Å²) in [5.74, 6) is -0.884. The Morgan fingerprint density at radius 1 is 1.24 bits per heavy atom. The van der Waals surface area contributed by atoms with Crippen LogP contribution in [0.1, 0.15) is 24.0 Å². The van der Waals surface area contributed by atoms with Crippen LogP contribution in [-0.4, -0.2) is 41.4 Å². The largest absolute Gasteiger partial charge is 0.481 e. The molecule has 1 atom stereocenters. The Hall–Kier alpha value is -2.08. The zero-order chi connectivity index (χ0) is 15.7. The van der Waals surface area contributed by atoms with Crippen LogP contribution in [-0.2, 0) is 11.2 Å². The second-order valence-electron chi connectivity index (χ2n) is 4.97. The third kappa shape index (κ3) is 7.31. The molecule has 0 aliphatic carbocycles. The Kier molecular flexibility index (Phi) is 7.25. The first-order chi connectivity index (χ1) is 10.0. The molecule has 6 heteroatoms. The Morgan fingerprint density at radius 3 is 2.48 bits per heavy atom. The summed E-state index contributed by atoms with van der Waals surface area (Å²) in [6, 6.07) is 7.12. The number of carbonyl (C=O) groups is 2. The summed E-state index contributed by atoms with van der Waals surface area (Å²) in [6.45, 7) is 2.13. The van der Waals surface area contributed by atoms with Crippen molar-refractivity contribution in [1.82, 2.24) is 10.6 Å². The molecule has 0 spiro atoms. The van der Waals surface area contributed by atoms with E-state index in [2.05, 4.69) is 10.6 Å². The minimum Gasteiger partial charge on any atom is -0.481 e. The van der Waals surface area contributed by atoms with Gasteiger partial charge in [-0.3, -0.25) is 4.79 Å². The molecule has 21 heavy (non-hydrogen) atoms. The van der Waals surface area contributed by atoms with Crippen molar-refractivity contribution in [3.8, 4) is 0 Å². The third-order valence-corrected chi connectivity index (χ3v) is 3.01. The van der Waals surface area contributed by atoms with Crippen molar-refractivity contribution in [1.29, 1.82) is 0 Å². The molecule has 4 N–H and O–H groups in total. The number of aliphatic hydroxyl groups excluding tert-OH is 1. The smallest absolute Gasteiger partial charge is 0.315 e. The van der Waals surface area contributed by atoms with Gasteiger partial charge in [0, 0.05) is 13.0 Å². The number of carboxylic acid groups (broad SMARTS) is 1. The van der Waals surface area contributed by atoms with Crippen molar-refractivity contribution < 1.29 is 19.8 Å². The first kappa shape index (κ1) is 17.0. The molecular weight excluding hydrogens is 272 g/mol. The fourth-order valence-electron chi connectivity index (χ4n) is 1.85. The van der Waals surface area contributed by atoms with Crippen molar-refractivity contribution in [2.24, 2.45) is 0 Å². The predicted octanol–water partition coefficient (Wildman–Crippen LogP) is 1.06. The Morgan fingerprint density at radius 2 is 1.90 bits per heavy atom. The highest BCUT2D eigenvalue weighted by molar-refractivity contribution is 5.74. The van der Waals surface area contributed by atoms with Crippen LogP contribution in [0.2, 0.25) is 0 Å². The minimum absolute atomic E-state index is 0.0209. The molecule has 0 bridgehead atoms. The summed E-state index contributed by atoms with van der Waals surface area (Å²) in [4.78, 5) is 22.0. The van der Waals surface area contributed by atoms with Crippen molar-refractivity contribution >= 4 is 12.0 Å². The van der Waals surface area contributed by atoms with E-state index < -0.39 is 12.0 Å². The van der Waals surface area contributed by atoms with Gasteiger partial charge in [0.05, 0.1) is 12.6 Å². The quantitative estimate of drug-likeness (QED) is 0.539. The molecule has 1 aromatic rings. The van der Waals surface area contributed by atoms with E-state index in [1.165, 1.54) is 0 Å². The number of aliphatic carboxylic acids is 1. The Labute approximate surface area is 124 Å². The summed E-state index contributed by atoms with van der Waals surface area (Å²) in [5.41, 5.74) is 2.19. The molecule has 1 aromatic carbocycles. The van der Waals surface area contributed by atoms with Gasteiger partial charge in [0.15, 0.2) is 0 Å². The van der Waals surface area contributed by atoms with Crippen molar-refractivity contribution in [2.45, 2.75) is 32.2 Å². The van der Waals surface area contributed by atoms with E-state index in [-0.39, 0.29) is 19.1 Å². The molecule has 6 nitrogen and oxygen atoms in total. The van der Waals surface area contributed by atoms with Crippen molar-refractivity contribution in [3.63, 3.8) is 0 Å². The molecule has 0 fully saturated rings. The second-order valence-corrected chi connectivity index (χ2v) is 4.97. The average molecular weight is 294 g/mol. The highest BCUT2D eigenvalue weighted by Gasteiger charge is 2.11. The highest BCUT2D eigenvalue weighted by Crippen LogP contribution is 2.06. The van der Waals surface area contributed by atoms with E-state index in [1.807, 2.05) is 31.2 Å². The number of carboxylic acids is 1. The fraction of sp³-hybridized carbons (Fsp3) is 0.467. The molecule has 0 aromatic heterocycles. The minimum atomic E-state index is -0.884. The lowest BCUT2D eigenvalue weighted by molar-refractivity contribution is -0.137. The van der Waals surface area contributed by atoms with Crippen LogP contribution < -0.4 is 10.6 Å². The lowest BCUT2D eigenvalue weighted by atomic mass is 10.1. The molecular formula is C15H22N2O4. The van der Waals surface area contributed by atoms with E-state index in [0.717, 1.165) is 11.1 Å². The van der Waals surface area contributed by atoms with Crippen LogP contribution >= 0.6 is 0 Å². The number of hydrogen-bond donors (Lipinski definition) is 4. The monoisotopic (exact) mass is 294 g/mol. The van der Waals surface area contributed by atoms with E-state index in [0.29, 0.717) is 19.4 Å². The van der Waals surface area contributed by atoms with Crippen molar-refractivity contribution in [3.05, 3.63) is 35.4 Å². The molecule has 0 saturated carbocycles. The van der Waals surface area contributed by atoms with Gasteiger partial charge in [-0.25, -0.2) is 4.79 Å². The Bertz CT molecular complexity index is 459. The number of benzene rings is 1. The van der Waals surface area contributed by atoms with Gasteiger partial charge in [0.1, 0.15) is 0 Å². The van der Waals surface area contributed by atoms with Crippen LogP contribution in [0.5, 0.6) is 0 Å². The summed E-state index contributed by atoms with van der Waals surface area (Å²) in [5, 5.41) is 23.0. The number of rotatable bonds is 8. The molecule has 2 amide bonds. The highest BCUT2D eigenvalue weighted by atomic mass is 16.4. The maximum atomic E-state index is 11.6. The summed E-state index contributed by atoms with van der Waals surface area (Å²) < 4.78 is 0. The molecule has 0 heterocycles. The van der Waals surface area contributed by atoms with Crippen LogP contribution in [0.25, 0.3) is 0 Å². The van der Waals surface area contributed by atoms with Gasteiger partial charge >= 0.3 is 12.0 Å². The van der Waals surface area contributed by atoms with Crippen molar-refractivity contribution in [2.75, 3.05) is 13.2 Å². The number of nitrogens with one attached hydrogen (secondary N) is 2. The lowest BCUT2D eigenvalue weighted by Crippen LogP contribution is -2.45. The summed E-state index contributed by atoms with van der Waals surface area (Å²) >= 11 is 0. The first-order valence-corrected chi connectivity index (χ1v) is 6.94. The number of carbonyl (C=O) groups excluding carboxylic acids is 1. The van der Waals surface area contributed by atoms with Gasteiger partial charge in [-0.15, -0.1) is 0 Å². The molecule has 0 saturated heterocycles.